The summed E-state index contributed by atoms with van der Waals surface area (Å²) >= 11 is 0. The molecule has 1 N–H and O–H groups in total. The van der Waals surface area contributed by atoms with Crippen LogP contribution in [0.15, 0.2) is 54.6 Å². The first-order chi connectivity index (χ1) is 10.6. The van der Waals surface area contributed by atoms with Crippen LogP contribution in [0, 0.1) is 0 Å². The molecule has 0 radical (unpaired) electrons. The SMILES string of the molecule is C=CC=CC.CC1=Cc2ccccc2C1[Si](C)(C)NC(C)(C)C. The third-order valence-electron chi connectivity index (χ3n) is 3.89. The Hall–Kier alpha value is -1.38. The zero-order valence-corrected chi connectivity index (χ0v) is 16.9. The zero-order valence-electron chi connectivity index (χ0n) is 15.9. The van der Waals surface area contributed by atoms with Crippen LogP contribution in [-0.4, -0.2) is 13.8 Å². The van der Waals surface area contributed by atoms with Crippen molar-refractivity contribution >= 4 is 14.3 Å². The average molecular weight is 328 g/mol. The molecule has 1 aliphatic carbocycles. The smallest absolute Gasteiger partial charge is 0.131 e. The van der Waals surface area contributed by atoms with Crippen LogP contribution < -0.4 is 4.98 Å². The molecule has 23 heavy (non-hydrogen) atoms. The molecule has 0 aliphatic heterocycles. The summed E-state index contributed by atoms with van der Waals surface area (Å²) in [6.07, 6.45) is 7.94. The first kappa shape index (κ1) is 19.7. The maximum absolute atomic E-state index is 3.91. The number of allylic oxidation sites excluding steroid dienone is 4. The van der Waals surface area contributed by atoms with E-state index in [1.165, 1.54) is 16.7 Å². The topological polar surface area (TPSA) is 12.0 Å². The van der Waals surface area contributed by atoms with Crippen LogP contribution in [0.4, 0.5) is 0 Å². The van der Waals surface area contributed by atoms with Gasteiger partial charge in [-0.1, -0.05) is 73.8 Å². The van der Waals surface area contributed by atoms with E-state index in [0.29, 0.717) is 5.54 Å². The molecular formula is C21H33NSi. The lowest BCUT2D eigenvalue weighted by atomic mass is 10.1. The van der Waals surface area contributed by atoms with Crippen molar-refractivity contribution in [3.8, 4) is 0 Å². The lowest BCUT2D eigenvalue weighted by Crippen LogP contribution is -2.58. The van der Waals surface area contributed by atoms with E-state index >= 15 is 0 Å². The van der Waals surface area contributed by atoms with Crippen molar-refractivity contribution in [3.05, 3.63) is 65.8 Å². The van der Waals surface area contributed by atoms with Gasteiger partial charge < -0.3 is 4.98 Å². The van der Waals surface area contributed by atoms with Gasteiger partial charge in [0, 0.05) is 11.1 Å². The van der Waals surface area contributed by atoms with Crippen LogP contribution in [0.1, 0.15) is 51.3 Å². The van der Waals surface area contributed by atoms with E-state index in [0.717, 1.165) is 0 Å². The normalized spacial score (nSPS) is 17.3. The number of rotatable bonds is 3. The molecule has 0 saturated heterocycles. The summed E-state index contributed by atoms with van der Waals surface area (Å²) in [6, 6.07) is 8.84. The summed E-state index contributed by atoms with van der Waals surface area (Å²) in [7, 11) is -1.54. The van der Waals surface area contributed by atoms with E-state index < -0.39 is 8.24 Å². The molecule has 2 rings (SSSR count). The first-order valence-corrected chi connectivity index (χ1v) is 11.5. The Morgan fingerprint density at radius 2 is 1.78 bits per heavy atom. The molecule has 0 amide bonds. The molecule has 0 aromatic heterocycles. The molecule has 126 valence electrons. The minimum Gasteiger partial charge on any atom is -0.332 e. The van der Waals surface area contributed by atoms with Gasteiger partial charge in [0.1, 0.15) is 8.24 Å². The fraction of sp³-hybridized carbons (Fsp3) is 0.429. The first-order valence-electron chi connectivity index (χ1n) is 8.42. The van der Waals surface area contributed by atoms with Crippen molar-refractivity contribution in [3.63, 3.8) is 0 Å². The summed E-state index contributed by atoms with van der Waals surface area (Å²) in [6.45, 7) is 19.4. The summed E-state index contributed by atoms with van der Waals surface area (Å²) in [5, 5.41) is 0. The third-order valence-corrected chi connectivity index (χ3v) is 7.50. The fourth-order valence-corrected chi connectivity index (χ4v) is 7.95. The third kappa shape index (κ3) is 5.63. The van der Waals surface area contributed by atoms with Crippen LogP contribution >= 0.6 is 0 Å². The Bertz CT molecular complexity index is 588. The Kier molecular flexibility index (Phi) is 6.79. The highest BCUT2D eigenvalue weighted by Crippen LogP contribution is 2.41. The zero-order chi connectivity index (χ0) is 17.7. The van der Waals surface area contributed by atoms with E-state index in [4.69, 9.17) is 0 Å². The molecule has 1 atom stereocenters. The van der Waals surface area contributed by atoms with Gasteiger partial charge >= 0.3 is 0 Å². The van der Waals surface area contributed by atoms with Gasteiger partial charge in [-0.25, -0.2) is 0 Å². The highest BCUT2D eigenvalue weighted by molar-refractivity contribution is 6.77. The van der Waals surface area contributed by atoms with Gasteiger partial charge in [0.15, 0.2) is 0 Å². The second-order valence-corrected chi connectivity index (χ2v) is 12.1. The molecule has 0 heterocycles. The average Bonchev–Trinajstić information content (AvgIpc) is 2.74. The maximum Gasteiger partial charge on any atom is 0.131 e. The van der Waals surface area contributed by atoms with Crippen molar-refractivity contribution in [2.75, 3.05) is 0 Å². The Morgan fingerprint density at radius 1 is 1.17 bits per heavy atom. The standard InChI is InChI=1S/C16H25NSi.C5H8/c1-12-11-13-9-7-8-10-14(13)15(12)18(5,6)17-16(2,3)4;1-3-5-4-2/h7-11,15,17H,1-6H3;3-5H,1H2,2H3. The van der Waals surface area contributed by atoms with Gasteiger partial charge in [-0.3, -0.25) is 0 Å². The van der Waals surface area contributed by atoms with Gasteiger partial charge in [0.25, 0.3) is 0 Å². The Morgan fingerprint density at radius 3 is 2.26 bits per heavy atom. The number of benzene rings is 1. The molecule has 1 aromatic carbocycles. The van der Waals surface area contributed by atoms with E-state index in [1.807, 2.05) is 19.1 Å². The number of fused-ring (bicyclic) bond motifs is 1. The van der Waals surface area contributed by atoms with Crippen molar-refractivity contribution in [2.24, 2.45) is 0 Å². The summed E-state index contributed by atoms with van der Waals surface area (Å²) in [5.41, 5.74) is 5.24. The van der Waals surface area contributed by atoms with E-state index in [1.54, 1.807) is 6.08 Å². The maximum atomic E-state index is 3.91. The summed E-state index contributed by atoms with van der Waals surface area (Å²) in [5.74, 6) is 0. The monoisotopic (exact) mass is 327 g/mol. The van der Waals surface area contributed by atoms with Crippen molar-refractivity contribution in [2.45, 2.75) is 58.8 Å². The molecule has 0 saturated carbocycles. The van der Waals surface area contributed by atoms with Crippen LogP contribution in [0.5, 0.6) is 0 Å². The van der Waals surface area contributed by atoms with E-state index in [2.05, 4.69) is 82.7 Å². The van der Waals surface area contributed by atoms with Crippen LogP contribution in [0.25, 0.3) is 6.08 Å². The molecule has 0 bridgehead atoms. The number of hydrogen-bond donors (Lipinski definition) is 1. The van der Waals surface area contributed by atoms with Crippen LogP contribution in [0.3, 0.4) is 0 Å². The Balaban J connectivity index is 0.000000463. The minimum atomic E-state index is -1.54. The highest BCUT2D eigenvalue weighted by Gasteiger charge is 2.39. The quantitative estimate of drug-likeness (QED) is 0.525. The highest BCUT2D eigenvalue weighted by atomic mass is 28.3. The van der Waals surface area contributed by atoms with Gasteiger partial charge in [0.2, 0.25) is 0 Å². The Labute approximate surface area is 144 Å². The minimum absolute atomic E-state index is 0.188. The van der Waals surface area contributed by atoms with Crippen molar-refractivity contribution in [1.82, 2.24) is 4.98 Å². The molecule has 0 fully saturated rings. The van der Waals surface area contributed by atoms with Gasteiger partial charge in [-0.05, 0) is 45.7 Å². The second kappa shape index (κ2) is 7.94. The predicted molar refractivity (Wildman–Crippen MR) is 108 cm³/mol. The molecular weight excluding hydrogens is 294 g/mol. The van der Waals surface area contributed by atoms with Gasteiger partial charge in [-0.15, -0.1) is 0 Å². The van der Waals surface area contributed by atoms with Gasteiger partial charge in [0.05, 0.1) is 0 Å². The predicted octanol–water partition coefficient (Wildman–Crippen LogP) is 6.07. The molecule has 2 heteroatoms. The molecule has 1 nitrogen and oxygen atoms in total. The lowest BCUT2D eigenvalue weighted by molar-refractivity contribution is 0.508. The van der Waals surface area contributed by atoms with Crippen molar-refractivity contribution < 1.29 is 0 Å². The summed E-state index contributed by atoms with van der Waals surface area (Å²) in [4.78, 5) is 3.91. The largest absolute Gasteiger partial charge is 0.332 e. The van der Waals surface area contributed by atoms with Crippen LogP contribution in [0.2, 0.25) is 13.1 Å². The van der Waals surface area contributed by atoms with E-state index in [9.17, 15) is 0 Å². The van der Waals surface area contributed by atoms with E-state index in [-0.39, 0.29) is 5.54 Å². The number of hydrogen-bond acceptors (Lipinski definition) is 1. The molecule has 0 spiro atoms. The van der Waals surface area contributed by atoms with Crippen LogP contribution in [-0.2, 0) is 0 Å². The van der Waals surface area contributed by atoms with Crippen molar-refractivity contribution in [1.29, 1.82) is 0 Å². The molecule has 1 aliphatic rings. The fourth-order valence-electron chi connectivity index (χ4n) is 3.61. The second-order valence-electron chi connectivity index (χ2n) is 7.81. The number of nitrogens with one attached hydrogen (secondary N) is 1. The molecule has 1 unspecified atom stereocenters. The lowest BCUT2D eigenvalue weighted by Gasteiger charge is -2.38. The molecule has 1 aromatic rings. The summed E-state index contributed by atoms with van der Waals surface area (Å²) < 4.78 is 0. The van der Waals surface area contributed by atoms with Gasteiger partial charge in [-0.2, -0.15) is 0 Å².